The molecular weight excluding hydrogens is 188 g/mol. The van der Waals surface area contributed by atoms with Crippen LogP contribution in [0.15, 0.2) is 0 Å². The van der Waals surface area contributed by atoms with Crippen LogP contribution >= 0.6 is 0 Å². The lowest BCUT2D eigenvalue weighted by Crippen LogP contribution is -2.40. The first kappa shape index (κ1) is 11.0. The fourth-order valence-electron chi connectivity index (χ4n) is 1.33. The highest BCUT2D eigenvalue weighted by atomic mass is 16.7. The van der Waals surface area contributed by atoms with E-state index in [2.05, 4.69) is 0 Å². The number of ether oxygens (including phenoxy) is 3. The van der Waals surface area contributed by atoms with Crippen molar-refractivity contribution in [3.8, 4) is 0 Å². The molecule has 0 aromatic carbocycles. The van der Waals surface area contributed by atoms with Crippen LogP contribution in [-0.2, 0) is 23.8 Å². The van der Waals surface area contributed by atoms with E-state index >= 15 is 0 Å². The van der Waals surface area contributed by atoms with Gasteiger partial charge < -0.3 is 14.2 Å². The minimum Gasteiger partial charge on any atom is -0.456 e. The van der Waals surface area contributed by atoms with Gasteiger partial charge in [-0.3, -0.25) is 9.59 Å². The Hall–Kier alpha value is -1.10. The van der Waals surface area contributed by atoms with E-state index in [1.165, 1.54) is 13.8 Å². The summed E-state index contributed by atoms with van der Waals surface area (Å²) in [5, 5.41) is 0. The lowest BCUT2D eigenvalue weighted by Gasteiger charge is -2.29. The summed E-state index contributed by atoms with van der Waals surface area (Å²) in [5.74, 6) is -0.827. The van der Waals surface area contributed by atoms with E-state index in [9.17, 15) is 9.59 Å². The van der Waals surface area contributed by atoms with Crippen LogP contribution in [0.1, 0.15) is 26.7 Å². The lowest BCUT2D eigenvalue weighted by atomic mass is 10.1. The summed E-state index contributed by atoms with van der Waals surface area (Å²) in [6.45, 7) is 3.14. The van der Waals surface area contributed by atoms with Gasteiger partial charge in [0.1, 0.15) is 0 Å². The molecule has 5 heteroatoms. The molecule has 0 amide bonds. The van der Waals surface area contributed by atoms with Gasteiger partial charge in [0.05, 0.1) is 6.61 Å². The molecule has 1 aliphatic heterocycles. The van der Waals surface area contributed by atoms with Crippen molar-refractivity contribution in [1.82, 2.24) is 0 Å². The highest BCUT2D eigenvalue weighted by Gasteiger charge is 2.30. The SMILES string of the molecule is CC(=O)O[C@H]1OCCC[C@H]1OC(C)=O. The van der Waals surface area contributed by atoms with Crippen molar-refractivity contribution in [1.29, 1.82) is 0 Å². The maximum Gasteiger partial charge on any atom is 0.305 e. The Morgan fingerprint density at radius 1 is 1.21 bits per heavy atom. The predicted octanol–water partition coefficient (Wildman–Crippen LogP) is 0.618. The monoisotopic (exact) mass is 202 g/mol. The lowest BCUT2D eigenvalue weighted by molar-refractivity contribution is -0.223. The summed E-state index contributed by atoms with van der Waals surface area (Å²) < 4.78 is 15.0. The number of hydrogen-bond donors (Lipinski definition) is 0. The minimum atomic E-state index is -0.745. The Morgan fingerprint density at radius 2 is 1.86 bits per heavy atom. The normalized spacial score (nSPS) is 26.7. The largest absolute Gasteiger partial charge is 0.456 e. The van der Waals surface area contributed by atoms with Crippen LogP contribution in [0.25, 0.3) is 0 Å². The van der Waals surface area contributed by atoms with E-state index in [0.29, 0.717) is 13.0 Å². The number of carbonyl (C=O) groups excluding carboxylic acids is 2. The summed E-state index contributed by atoms with van der Waals surface area (Å²) in [7, 11) is 0. The van der Waals surface area contributed by atoms with Crippen molar-refractivity contribution in [3.05, 3.63) is 0 Å². The van der Waals surface area contributed by atoms with Crippen LogP contribution in [0.4, 0.5) is 0 Å². The number of carbonyl (C=O) groups is 2. The molecule has 1 fully saturated rings. The molecule has 0 aliphatic carbocycles. The average Bonchev–Trinajstić information content (AvgIpc) is 2.06. The summed E-state index contributed by atoms with van der Waals surface area (Å²) in [5.41, 5.74) is 0. The Kier molecular flexibility index (Phi) is 3.88. The molecule has 0 aromatic rings. The first-order valence-corrected chi connectivity index (χ1v) is 4.55. The van der Waals surface area contributed by atoms with Crippen molar-refractivity contribution >= 4 is 11.9 Å². The van der Waals surface area contributed by atoms with Gasteiger partial charge in [-0.2, -0.15) is 0 Å². The molecule has 0 unspecified atom stereocenters. The van der Waals surface area contributed by atoms with Crippen LogP contribution in [0, 0.1) is 0 Å². The fourth-order valence-corrected chi connectivity index (χ4v) is 1.33. The molecule has 80 valence electrons. The second kappa shape index (κ2) is 4.95. The zero-order valence-corrected chi connectivity index (χ0v) is 8.32. The Bertz CT molecular complexity index is 201. The first-order chi connectivity index (χ1) is 6.59. The van der Waals surface area contributed by atoms with Gasteiger partial charge in [0.15, 0.2) is 6.10 Å². The summed E-state index contributed by atoms with van der Waals surface area (Å²) in [6, 6.07) is 0. The number of esters is 2. The average molecular weight is 202 g/mol. The van der Waals surface area contributed by atoms with Crippen molar-refractivity contribution in [2.24, 2.45) is 0 Å². The highest BCUT2D eigenvalue weighted by Crippen LogP contribution is 2.18. The molecule has 1 heterocycles. The van der Waals surface area contributed by atoms with Gasteiger partial charge in [-0.1, -0.05) is 0 Å². The second-order valence-corrected chi connectivity index (χ2v) is 3.14. The zero-order chi connectivity index (χ0) is 10.6. The van der Waals surface area contributed by atoms with Gasteiger partial charge in [0, 0.05) is 13.8 Å². The van der Waals surface area contributed by atoms with E-state index < -0.39 is 24.3 Å². The summed E-state index contributed by atoms with van der Waals surface area (Å²) in [4.78, 5) is 21.4. The Labute approximate surface area is 82.3 Å². The zero-order valence-electron chi connectivity index (χ0n) is 8.32. The number of rotatable bonds is 2. The predicted molar refractivity (Wildman–Crippen MR) is 46.3 cm³/mol. The van der Waals surface area contributed by atoms with E-state index in [1.807, 2.05) is 0 Å². The van der Waals surface area contributed by atoms with Crippen molar-refractivity contribution in [3.63, 3.8) is 0 Å². The molecule has 1 saturated heterocycles. The third-order valence-electron chi connectivity index (χ3n) is 1.82. The van der Waals surface area contributed by atoms with Gasteiger partial charge >= 0.3 is 11.9 Å². The van der Waals surface area contributed by atoms with Crippen molar-refractivity contribution in [2.45, 2.75) is 39.1 Å². The van der Waals surface area contributed by atoms with Crippen molar-refractivity contribution < 1.29 is 23.8 Å². The highest BCUT2D eigenvalue weighted by molar-refractivity contribution is 5.67. The van der Waals surface area contributed by atoms with E-state index in [0.717, 1.165) is 6.42 Å². The van der Waals surface area contributed by atoms with E-state index in [1.54, 1.807) is 0 Å². The van der Waals surface area contributed by atoms with Crippen LogP contribution in [0.3, 0.4) is 0 Å². The first-order valence-electron chi connectivity index (χ1n) is 4.55. The molecule has 0 saturated carbocycles. The van der Waals surface area contributed by atoms with Crippen LogP contribution in [-0.4, -0.2) is 30.9 Å². The van der Waals surface area contributed by atoms with Gasteiger partial charge in [-0.05, 0) is 12.8 Å². The quantitative estimate of drug-likeness (QED) is 0.614. The molecule has 0 radical (unpaired) electrons. The maximum atomic E-state index is 10.7. The molecule has 0 N–H and O–H groups in total. The standard InChI is InChI=1S/C9H14O5/c1-6(10)13-8-4-3-5-12-9(8)14-7(2)11/h8-9H,3-5H2,1-2H3/t8-,9-/m1/s1. The van der Waals surface area contributed by atoms with Crippen LogP contribution in [0.2, 0.25) is 0 Å². The molecule has 0 bridgehead atoms. The minimum absolute atomic E-state index is 0.391. The van der Waals surface area contributed by atoms with Gasteiger partial charge in [-0.15, -0.1) is 0 Å². The second-order valence-electron chi connectivity index (χ2n) is 3.14. The number of hydrogen-bond acceptors (Lipinski definition) is 5. The topological polar surface area (TPSA) is 61.8 Å². The molecular formula is C9H14O5. The van der Waals surface area contributed by atoms with E-state index in [4.69, 9.17) is 14.2 Å². The molecule has 5 nitrogen and oxygen atoms in total. The third kappa shape index (κ3) is 3.33. The molecule has 1 aliphatic rings. The van der Waals surface area contributed by atoms with Gasteiger partial charge in [0.25, 0.3) is 0 Å². The van der Waals surface area contributed by atoms with Crippen LogP contribution in [0.5, 0.6) is 0 Å². The molecule has 14 heavy (non-hydrogen) atoms. The smallest absolute Gasteiger partial charge is 0.305 e. The van der Waals surface area contributed by atoms with E-state index in [-0.39, 0.29) is 0 Å². The summed E-state index contributed by atoms with van der Waals surface area (Å²) >= 11 is 0. The van der Waals surface area contributed by atoms with Gasteiger partial charge in [-0.25, -0.2) is 0 Å². The Balaban J connectivity index is 2.49. The Morgan fingerprint density at radius 3 is 2.43 bits per heavy atom. The molecule has 2 atom stereocenters. The molecule has 1 rings (SSSR count). The summed E-state index contributed by atoms with van der Waals surface area (Å²) in [6.07, 6.45) is 0.253. The van der Waals surface area contributed by atoms with Crippen molar-refractivity contribution in [2.75, 3.05) is 6.61 Å². The fraction of sp³-hybridized carbons (Fsp3) is 0.778. The maximum absolute atomic E-state index is 10.7. The van der Waals surface area contributed by atoms with Gasteiger partial charge in [0.2, 0.25) is 6.29 Å². The molecule has 0 spiro atoms. The molecule has 0 aromatic heterocycles. The third-order valence-corrected chi connectivity index (χ3v) is 1.82. The van der Waals surface area contributed by atoms with Crippen LogP contribution < -0.4 is 0 Å².